The van der Waals surface area contributed by atoms with Crippen molar-refractivity contribution in [2.45, 2.75) is 32.4 Å². The van der Waals surface area contributed by atoms with Gasteiger partial charge in [0.25, 0.3) is 0 Å². The zero-order valence-electron chi connectivity index (χ0n) is 18.9. The van der Waals surface area contributed by atoms with E-state index in [4.69, 9.17) is 14.5 Å². The lowest BCUT2D eigenvalue weighted by atomic mass is 10.0. The van der Waals surface area contributed by atoms with Crippen molar-refractivity contribution in [2.75, 3.05) is 44.8 Å². The number of carbonyl (C=O) groups excluding carboxylic acids is 1. The summed E-state index contributed by atoms with van der Waals surface area (Å²) in [4.78, 5) is 21.3. The van der Waals surface area contributed by atoms with Gasteiger partial charge in [-0.05, 0) is 61.7 Å². The highest BCUT2D eigenvalue weighted by Crippen LogP contribution is 2.22. The third-order valence-electron chi connectivity index (χ3n) is 6.04. The summed E-state index contributed by atoms with van der Waals surface area (Å²) in [5.41, 5.74) is 3.00. The number of aliphatic imine (C=N–C) groups is 1. The largest absolute Gasteiger partial charge is 0.497 e. The first-order valence-electron chi connectivity index (χ1n) is 11.4. The molecule has 0 atom stereocenters. The molecule has 2 aliphatic heterocycles. The Hall–Kier alpha value is -3.22. The highest BCUT2D eigenvalue weighted by molar-refractivity contribution is 5.89. The maximum atomic E-state index is 11.8. The lowest BCUT2D eigenvalue weighted by Gasteiger charge is -2.35. The van der Waals surface area contributed by atoms with E-state index in [1.54, 1.807) is 7.11 Å². The third-order valence-corrected chi connectivity index (χ3v) is 6.04. The summed E-state index contributed by atoms with van der Waals surface area (Å²) < 4.78 is 10.3. The van der Waals surface area contributed by atoms with Gasteiger partial charge in [0.05, 0.1) is 25.8 Å². The Kier molecular flexibility index (Phi) is 7.14. The van der Waals surface area contributed by atoms with Crippen LogP contribution in [0, 0.1) is 0 Å². The summed E-state index contributed by atoms with van der Waals surface area (Å²) in [6.07, 6.45) is 2.10. The molecule has 4 rings (SSSR count). The van der Waals surface area contributed by atoms with Crippen molar-refractivity contribution in [3.8, 4) is 5.75 Å². The van der Waals surface area contributed by atoms with Crippen LogP contribution in [0.5, 0.6) is 5.75 Å². The average Bonchev–Trinajstić information content (AvgIpc) is 3.26. The molecule has 2 heterocycles. The van der Waals surface area contributed by atoms with E-state index in [0.29, 0.717) is 18.2 Å². The van der Waals surface area contributed by atoms with E-state index in [2.05, 4.69) is 27.2 Å². The van der Waals surface area contributed by atoms with Gasteiger partial charge < -0.3 is 24.6 Å². The second-order valence-electron chi connectivity index (χ2n) is 8.15. The van der Waals surface area contributed by atoms with E-state index in [1.807, 2.05) is 43.3 Å². The Morgan fingerprint density at radius 1 is 1.06 bits per heavy atom. The van der Waals surface area contributed by atoms with Crippen molar-refractivity contribution in [2.24, 2.45) is 4.99 Å². The first-order valence-corrected chi connectivity index (χ1v) is 11.4. The Labute approximate surface area is 190 Å². The van der Waals surface area contributed by atoms with Crippen LogP contribution in [-0.2, 0) is 11.3 Å². The Balaban J connectivity index is 1.27. The van der Waals surface area contributed by atoms with E-state index in [1.165, 1.54) is 5.56 Å². The predicted molar refractivity (Wildman–Crippen MR) is 126 cm³/mol. The lowest BCUT2D eigenvalue weighted by Crippen LogP contribution is -2.48. The molecule has 0 aliphatic carbocycles. The van der Waals surface area contributed by atoms with E-state index in [0.717, 1.165) is 63.0 Å². The van der Waals surface area contributed by atoms with E-state index in [-0.39, 0.29) is 5.97 Å². The minimum atomic E-state index is -0.265. The molecule has 2 aromatic rings. The van der Waals surface area contributed by atoms with Crippen molar-refractivity contribution in [1.29, 1.82) is 0 Å². The zero-order valence-corrected chi connectivity index (χ0v) is 18.9. The Bertz CT molecular complexity index is 919. The van der Waals surface area contributed by atoms with Gasteiger partial charge in [-0.3, -0.25) is 4.99 Å². The monoisotopic (exact) mass is 436 g/mol. The summed E-state index contributed by atoms with van der Waals surface area (Å²) in [5.74, 6) is 1.63. The molecule has 0 unspecified atom stereocenters. The molecule has 0 amide bonds. The quantitative estimate of drug-likeness (QED) is 0.672. The number of ether oxygens (including phenoxy) is 2. The zero-order chi connectivity index (χ0) is 22.3. The molecule has 0 saturated carbocycles. The Morgan fingerprint density at radius 3 is 2.44 bits per heavy atom. The van der Waals surface area contributed by atoms with Gasteiger partial charge in [0, 0.05) is 37.9 Å². The van der Waals surface area contributed by atoms with Crippen LogP contribution in [0.15, 0.2) is 53.5 Å². The number of guanidine groups is 1. The molecule has 1 fully saturated rings. The fourth-order valence-electron chi connectivity index (χ4n) is 4.21. The standard InChI is InChI=1S/C25H32N4O3/c1-3-32-24(30)20-6-8-22(9-7-20)28-15-12-21(13-16-28)27-25-26-14-17-29(25)18-19-4-10-23(31-2)11-5-19/h4-11,21H,3,12-18H2,1-2H3,(H,26,27). The number of carbonyl (C=O) groups is 1. The van der Waals surface area contributed by atoms with Crippen molar-refractivity contribution in [3.05, 3.63) is 59.7 Å². The van der Waals surface area contributed by atoms with Crippen LogP contribution < -0.4 is 15.0 Å². The van der Waals surface area contributed by atoms with E-state index >= 15 is 0 Å². The number of esters is 1. The summed E-state index contributed by atoms with van der Waals surface area (Å²) >= 11 is 0. The molecule has 1 saturated heterocycles. The van der Waals surface area contributed by atoms with Crippen LogP contribution in [-0.4, -0.2) is 62.8 Å². The van der Waals surface area contributed by atoms with Gasteiger partial charge in [-0.1, -0.05) is 12.1 Å². The molecule has 170 valence electrons. The highest BCUT2D eigenvalue weighted by Gasteiger charge is 2.24. The molecule has 2 aromatic carbocycles. The average molecular weight is 437 g/mol. The van der Waals surface area contributed by atoms with Crippen molar-refractivity contribution in [1.82, 2.24) is 10.2 Å². The number of rotatable bonds is 7. The van der Waals surface area contributed by atoms with Gasteiger partial charge in [-0.2, -0.15) is 0 Å². The molecule has 0 aromatic heterocycles. The summed E-state index contributed by atoms with van der Waals surface area (Å²) in [5, 5.41) is 3.68. The first-order chi connectivity index (χ1) is 15.7. The van der Waals surface area contributed by atoms with E-state index in [9.17, 15) is 4.79 Å². The smallest absolute Gasteiger partial charge is 0.338 e. The van der Waals surface area contributed by atoms with Gasteiger partial charge in [0.2, 0.25) is 0 Å². The lowest BCUT2D eigenvalue weighted by molar-refractivity contribution is 0.0526. The van der Waals surface area contributed by atoms with Crippen LogP contribution in [0.3, 0.4) is 0 Å². The molecule has 32 heavy (non-hydrogen) atoms. The fourth-order valence-corrected chi connectivity index (χ4v) is 4.21. The number of hydrogen-bond donors (Lipinski definition) is 1. The summed E-state index contributed by atoms with van der Waals surface area (Å²) in [6.45, 7) is 6.79. The molecular formula is C25H32N4O3. The van der Waals surface area contributed by atoms with Crippen molar-refractivity contribution >= 4 is 17.6 Å². The van der Waals surface area contributed by atoms with E-state index < -0.39 is 0 Å². The number of piperidine rings is 1. The minimum Gasteiger partial charge on any atom is -0.497 e. The second kappa shape index (κ2) is 10.4. The van der Waals surface area contributed by atoms with Gasteiger partial charge >= 0.3 is 5.97 Å². The maximum Gasteiger partial charge on any atom is 0.338 e. The van der Waals surface area contributed by atoms with Gasteiger partial charge in [-0.25, -0.2) is 4.79 Å². The number of nitrogens with zero attached hydrogens (tertiary/aromatic N) is 3. The molecular weight excluding hydrogens is 404 g/mol. The molecule has 2 aliphatic rings. The van der Waals surface area contributed by atoms with Gasteiger partial charge in [0.15, 0.2) is 5.96 Å². The van der Waals surface area contributed by atoms with Crippen molar-refractivity contribution in [3.63, 3.8) is 0 Å². The Morgan fingerprint density at radius 2 is 1.78 bits per heavy atom. The maximum absolute atomic E-state index is 11.8. The van der Waals surface area contributed by atoms with Crippen LogP contribution in [0.4, 0.5) is 5.69 Å². The van der Waals surface area contributed by atoms with Gasteiger partial charge in [-0.15, -0.1) is 0 Å². The minimum absolute atomic E-state index is 0.265. The van der Waals surface area contributed by atoms with Crippen LogP contribution in [0.2, 0.25) is 0 Å². The number of anilines is 1. The number of hydrogen-bond acceptors (Lipinski definition) is 7. The number of nitrogens with one attached hydrogen (secondary N) is 1. The normalized spacial score (nSPS) is 16.6. The SMILES string of the molecule is CCOC(=O)c1ccc(N2CCC(NC3=NCCN3Cc3ccc(OC)cc3)CC2)cc1. The summed E-state index contributed by atoms with van der Waals surface area (Å²) in [6, 6.07) is 16.4. The highest BCUT2D eigenvalue weighted by atomic mass is 16.5. The molecule has 7 heteroatoms. The predicted octanol–water partition coefficient (Wildman–Crippen LogP) is 3.30. The summed E-state index contributed by atoms with van der Waals surface area (Å²) in [7, 11) is 1.69. The van der Waals surface area contributed by atoms with Crippen LogP contribution in [0.1, 0.15) is 35.7 Å². The molecule has 1 N–H and O–H groups in total. The topological polar surface area (TPSA) is 66.4 Å². The molecule has 0 spiro atoms. The molecule has 0 bridgehead atoms. The van der Waals surface area contributed by atoms with Crippen molar-refractivity contribution < 1.29 is 14.3 Å². The van der Waals surface area contributed by atoms with Gasteiger partial charge in [0.1, 0.15) is 5.75 Å². The third kappa shape index (κ3) is 5.33. The van der Waals surface area contributed by atoms with Crippen LogP contribution >= 0.6 is 0 Å². The number of benzene rings is 2. The van der Waals surface area contributed by atoms with Crippen LogP contribution in [0.25, 0.3) is 0 Å². The molecule has 0 radical (unpaired) electrons. The second-order valence-corrected chi connectivity index (χ2v) is 8.15. The number of methoxy groups -OCH3 is 1. The molecule has 7 nitrogen and oxygen atoms in total. The first kappa shape index (κ1) is 22.0. The fraction of sp³-hybridized carbons (Fsp3) is 0.440.